The molecule has 0 aliphatic rings. The molecular weight excluding hydrogens is 157 g/mol. The van der Waals surface area contributed by atoms with Crippen molar-refractivity contribution in [3.05, 3.63) is 0 Å². The van der Waals surface area contributed by atoms with Crippen molar-refractivity contribution >= 4 is 5.97 Å². The fourth-order valence-electron chi connectivity index (χ4n) is 0.0781. The molecule has 0 spiro atoms. The van der Waals surface area contributed by atoms with Crippen molar-refractivity contribution in [2.75, 3.05) is 6.61 Å². The Morgan fingerprint density at radius 2 is 2.12 bits per heavy atom. The fraction of sp³-hybridized carbons (Fsp3) is 0.667. The summed E-state index contributed by atoms with van der Waals surface area (Å²) in [6.07, 6.45) is 0. The van der Waals surface area contributed by atoms with Crippen molar-refractivity contribution < 1.29 is 31.5 Å². The molecule has 0 bridgehead atoms. The van der Waals surface area contributed by atoms with Crippen LogP contribution in [-0.4, -0.2) is 28.8 Å². The number of aliphatic hydroxyl groups excluding tert-OH is 1. The van der Waals surface area contributed by atoms with E-state index in [9.17, 15) is 4.79 Å². The summed E-state index contributed by atoms with van der Waals surface area (Å²) < 4.78 is 0. The second-order valence-electron chi connectivity index (χ2n) is 1.13. The summed E-state index contributed by atoms with van der Waals surface area (Å²) in [5, 5.41) is 15.9. The minimum absolute atomic E-state index is 0. The van der Waals surface area contributed by atoms with E-state index in [0.29, 0.717) is 0 Å². The van der Waals surface area contributed by atoms with Crippen LogP contribution in [0.4, 0.5) is 0 Å². The van der Waals surface area contributed by atoms with E-state index in [4.69, 9.17) is 15.9 Å². The summed E-state index contributed by atoms with van der Waals surface area (Å²) in [4.78, 5) is 9.65. The van der Waals surface area contributed by atoms with Gasteiger partial charge in [0.05, 0.1) is 6.61 Å². The van der Waals surface area contributed by atoms with E-state index < -0.39 is 18.6 Å². The average Bonchev–Trinajstić information content (AvgIpc) is 1.65. The van der Waals surface area contributed by atoms with E-state index >= 15 is 0 Å². The Balaban J connectivity index is 0. The minimum atomic E-state index is -1.18. The molecule has 0 saturated carbocycles. The molecule has 0 rings (SSSR count). The number of rotatable bonds is 2. The molecule has 0 fully saturated rings. The number of aliphatic hydroxyl groups is 1. The molecule has 0 aromatic heterocycles. The first-order valence-corrected chi connectivity index (χ1v) is 1.77. The molecule has 0 aromatic rings. The smallest absolute Gasteiger partial charge is 0.322 e. The topological polar surface area (TPSA) is 83.5 Å². The van der Waals surface area contributed by atoms with Crippen molar-refractivity contribution in [1.82, 2.24) is 0 Å². The van der Waals surface area contributed by atoms with Crippen LogP contribution in [0.5, 0.6) is 0 Å². The van der Waals surface area contributed by atoms with Gasteiger partial charge in [0.25, 0.3) is 0 Å². The molecule has 5 heteroatoms. The van der Waals surface area contributed by atoms with Crippen LogP contribution in [-0.2, 0) is 21.3 Å². The molecule has 4 N–H and O–H groups in total. The van der Waals surface area contributed by atoms with Crippen molar-refractivity contribution in [2.24, 2.45) is 5.73 Å². The Hall–Kier alpha value is -0.116. The zero-order chi connectivity index (χ0) is 5.86. The van der Waals surface area contributed by atoms with Gasteiger partial charge in [0, 0.05) is 16.5 Å². The van der Waals surface area contributed by atoms with Gasteiger partial charge in [-0.05, 0) is 0 Å². The van der Waals surface area contributed by atoms with Crippen molar-refractivity contribution in [3.63, 3.8) is 0 Å². The van der Waals surface area contributed by atoms with Gasteiger partial charge in [0.1, 0.15) is 6.04 Å². The predicted octanol–water partition coefficient (Wildman–Crippen LogP) is -1.61. The van der Waals surface area contributed by atoms with Crippen LogP contribution in [0.15, 0.2) is 0 Å². The first kappa shape index (κ1) is 10.8. The molecule has 0 aromatic carbocycles. The number of carboxylic acids is 1. The third kappa shape index (κ3) is 4.05. The molecule has 52 valence electrons. The molecule has 0 amide bonds. The predicted molar refractivity (Wildman–Crippen MR) is 22.7 cm³/mol. The quantitative estimate of drug-likeness (QED) is 0.428. The third-order valence-corrected chi connectivity index (χ3v) is 0.514. The molecule has 0 saturated heterocycles. The number of carbonyl (C=O) groups is 1. The van der Waals surface area contributed by atoms with Crippen molar-refractivity contribution in [2.45, 2.75) is 6.04 Å². The SMILES string of the molecule is N[C@@H](CO)C(=O)O.[Ni]. The standard InChI is InChI=1S/C3H7NO3.Ni/c4-2(1-5)3(6)7;/h2,5H,1,4H2,(H,6,7);/t2-;/m0./s1. The summed E-state index contributed by atoms with van der Waals surface area (Å²) in [7, 11) is 0. The summed E-state index contributed by atoms with van der Waals surface area (Å²) >= 11 is 0. The van der Waals surface area contributed by atoms with E-state index in [1.54, 1.807) is 0 Å². The molecule has 4 nitrogen and oxygen atoms in total. The maximum absolute atomic E-state index is 9.65. The van der Waals surface area contributed by atoms with Crippen molar-refractivity contribution in [3.8, 4) is 0 Å². The summed E-state index contributed by atoms with van der Waals surface area (Å²) in [6.45, 7) is -0.505. The number of nitrogens with two attached hydrogens (primary N) is 1. The van der Waals surface area contributed by atoms with Crippen LogP contribution in [0, 0.1) is 0 Å². The monoisotopic (exact) mass is 163 g/mol. The molecule has 8 heavy (non-hydrogen) atoms. The van der Waals surface area contributed by atoms with Gasteiger partial charge in [0.15, 0.2) is 0 Å². The molecule has 0 unspecified atom stereocenters. The third-order valence-electron chi connectivity index (χ3n) is 0.514. The Morgan fingerprint density at radius 1 is 1.75 bits per heavy atom. The van der Waals surface area contributed by atoms with E-state index in [-0.39, 0.29) is 16.5 Å². The summed E-state index contributed by atoms with van der Waals surface area (Å²) in [5.41, 5.74) is 4.77. The van der Waals surface area contributed by atoms with Crippen LogP contribution < -0.4 is 5.73 Å². The fourth-order valence-corrected chi connectivity index (χ4v) is 0.0781. The van der Waals surface area contributed by atoms with Gasteiger partial charge in [-0.15, -0.1) is 0 Å². The number of hydrogen-bond acceptors (Lipinski definition) is 3. The minimum Gasteiger partial charge on any atom is -0.480 e. The number of aliphatic carboxylic acids is 1. The average molecular weight is 164 g/mol. The van der Waals surface area contributed by atoms with E-state index in [0.717, 1.165) is 0 Å². The Morgan fingerprint density at radius 3 is 2.12 bits per heavy atom. The number of carboxylic acid groups (broad SMARTS) is 1. The van der Waals surface area contributed by atoms with Crippen LogP contribution in [0.25, 0.3) is 0 Å². The molecule has 1 atom stereocenters. The second kappa shape index (κ2) is 5.03. The maximum atomic E-state index is 9.65. The molecule has 0 aliphatic heterocycles. The molecule has 0 heterocycles. The largest absolute Gasteiger partial charge is 0.480 e. The van der Waals surface area contributed by atoms with Gasteiger partial charge in [-0.1, -0.05) is 0 Å². The zero-order valence-electron chi connectivity index (χ0n) is 3.98. The molecule has 0 aliphatic carbocycles. The number of hydrogen-bond donors (Lipinski definition) is 3. The summed E-state index contributed by atoms with van der Waals surface area (Å²) in [5.74, 6) is -1.18. The first-order valence-electron chi connectivity index (χ1n) is 1.77. The van der Waals surface area contributed by atoms with Gasteiger partial charge in [-0.2, -0.15) is 0 Å². The van der Waals surface area contributed by atoms with Crippen molar-refractivity contribution in [1.29, 1.82) is 0 Å². The van der Waals surface area contributed by atoms with Crippen LogP contribution in [0.2, 0.25) is 0 Å². The van der Waals surface area contributed by atoms with E-state index in [1.165, 1.54) is 0 Å². The van der Waals surface area contributed by atoms with Gasteiger partial charge in [-0.25, -0.2) is 0 Å². The van der Waals surface area contributed by atoms with E-state index in [1.807, 2.05) is 0 Å². The molecular formula is C3H7NNiO3. The second-order valence-corrected chi connectivity index (χ2v) is 1.13. The Labute approximate surface area is 56.6 Å². The first-order chi connectivity index (χ1) is 3.18. The molecule has 0 radical (unpaired) electrons. The van der Waals surface area contributed by atoms with Crippen LogP contribution in [0.3, 0.4) is 0 Å². The Kier molecular flexibility index (Phi) is 6.78. The van der Waals surface area contributed by atoms with Gasteiger partial charge >= 0.3 is 5.97 Å². The Bertz CT molecular complexity index is 76.9. The van der Waals surface area contributed by atoms with Crippen LogP contribution >= 0.6 is 0 Å². The summed E-state index contributed by atoms with van der Waals surface area (Å²) in [6, 6.07) is -1.13. The maximum Gasteiger partial charge on any atom is 0.322 e. The van der Waals surface area contributed by atoms with Gasteiger partial charge < -0.3 is 15.9 Å². The van der Waals surface area contributed by atoms with Gasteiger partial charge in [-0.3, -0.25) is 4.79 Å². The zero-order valence-corrected chi connectivity index (χ0v) is 4.97. The van der Waals surface area contributed by atoms with E-state index in [2.05, 4.69) is 0 Å². The normalized spacial score (nSPS) is 11.8. The van der Waals surface area contributed by atoms with Gasteiger partial charge in [0.2, 0.25) is 0 Å². The van der Waals surface area contributed by atoms with Crippen LogP contribution in [0.1, 0.15) is 0 Å².